The largest absolute Gasteiger partial charge is 0.207 e. The van der Waals surface area contributed by atoms with Crippen LogP contribution in [0.4, 0.5) is 4.39 Å². The van der Waals surface area contributed by atoms with Crippen LogP contribution in [-0.2, 0) is 0 Å². The highest BCUT2D eigenvalue weighted by Gasteiger charge is 1.94. The summed E-state index contributed by atoms with van der Waals surface area (Å²) in [6.45, 7) is 3.75. The molecule has 0 heterocycles. The van der Waals surface area contributed by atoms with Crippen LogP contribution in [0.15, 0.2) is 29.2 Å². The van der Waals surface area contributed by atoms with Crippen LogP contribution in [0.25, 0.3) is 0 Å². The van der Waals surface area contributed by atoms with Crippen LogP contribution in [0.5, 0.6) is 0 Å². The predicted octanol–water partition coefficient (Wildman–Crippen LogP) is 3.53. The van der Waals surface area contributed by atoms with Gasteiger partial charge in [-0.05, 0) is 30.4 Å². The fourth-order valence-electron chi connectivity index (χ4n) is 0.849. The normalized spacial score (nSPS) is 10.2. The number of thioether (sulfide) groups is 1. The standard InChI is InChI=1S/C10H12FS/c1-2-3-7-12-10-6-4-5-9(11)8-10/h4-6,8H,1-3,7H2. The Balaban J connectivity index is 2.41. The average molecular weight is 183 g/mol. The molecule has 65 valence electrons. The third-order valence-corrected chi connectivity index (χ3v) is 2.54. The van der Waals surface area contributed by atoms with Gasteiger partial charge >= 0.3 is 0 Å². The van der Waals surface area contributed by atoms with Gasteiger partial charge in [0.2, 0.25) is 0 Å². The second-order valence-electron chi connectivity index (χ2n) is 2.51. The fourth-order valence-corrected chi connectivity index (χ4v) is 1.80. The third kappa shape index (κ3) is 3.26. The summed E-state index contributed by atoms with van der Waals surface area (Å²) in [6.07, 6.45) is 2.03. The van der Waals surface area contributed by atoms with Gasteiger partial charge in [0.25, 0.3) is 0 Å². The molecule has 0 saturated carbocycles. The van der Waals surface area contributed by atoms with Crippen LogP contribution < -0.4 is 0 Å². The van der Waals surface area contributed by atoms with Gasteiger partial charge in [-0.15, -0.1) is 11.8 Å². The number of benzene rings is 1. The number of hydrogen-bond acceptors (Lipinski definition) is 1. The molecule has 1 aromatic rings. The summed E-state index contributed by atoms with van der Waals surface area (Å²) >= 11 is 1.68. The SMILES string of the molecule is [CH2]CCCSc1cccc(F)c1. The van der Waals surface area contributed by atoms with E-state index >= 15 is 0 Å². The molecule has 0 atom stereocenters. The summed E-state index contributed by atoms with van der Waals surface area (Å²) in [5.74, 6) is 0.863. The topological polar surface area (TPSA) is 0 Å². The van der Waals surface area contributed by atoms with Crippen molar-refractivity contribution in [2.75, 3.05) is 5.75 Å². The summed E-state index contributed by atoms with van der Waals surface area (Å²) in [5, 5.41) is 0. The third-order valence-electron chi connectivity index (χ3n) is 1.46. The molecule has 0 aliphatic heterocycles. The van der Waals surface area contributed by atoms with Crippen LogP contribution >= 0.6 is 11.8 Å². The minimum atomic E-state index is -0.158. The second-order valence-corrected chi connectivity index (χ2v) is 3.68. The molecular weight excluding hydrogens is 171 g/mol. The number of hydrogen-bond donors (Lipinski definition) is 0. The first-order valence-electron chi connectivity index (χ1n) is 4.00. The zero-order valence-electron chi connectivity index (χ0n) is 6.92. The highest BCUT2D eigenvalue weighted by molar-refractivity contribution is 7.99. The van der Waals surface area contributed by atoms with Crippen molar-refractivity contribution in [3.05, 3.63) is 37.0 Å². The maximum atomic E-state index is 12.7. The lowest BCUT2D eigenvalue weighted by Gasteiger charge is -1.99. The van der Waals surface area contributed by atoms with Crippen LogP contribution in [0.3, 0.4) is 0 Å². The molecule has 0 N–H and O–H groups in total. The molecule has 0 bridgehead atoms. The van der Waals surface area contributed by atoms with Crippen LogP contribution in [0.2, 0.25) is 0 Å². The van der Waals surface area contributed by atoms with Gasteiger partial charge in [0.15, 0.2) is 0 Å². The Morgan fingerprint density at radius 1 is 1.42 bits per heavy atom. The van der Waals surface area contributed by atoms with Gasteiger partial charge in [0, 0.05) is 4.90 Å². The lowest BCUT2D eigenvalue weighted by Crippen LogP contribution is -1.79. The molecule has 0 fully saturated rings. The quantitative estimate of drug-likeness (QED) is 0.508. The molecule has 2 heteroatoms. The summed E-state index contributed by atoms with van der Waals surface area (Å²) in [7, 11) is 0. The minimum absolute atomic E-state index is 0.158. The van der Waals surface area contributed by atoms with Gasteiger partial charge in [-0.2, -0.15) is 0 Å². The first-order valence-corrected chi connectivity index (χ1v) is 4.99. The van der Waals surface area contributed by atoms with Gasteiger partial charge in [-0.3, -0.25) is 0 Å². The monoisotopic (exact) mass is 183 g/mol. The maximum absolute atomic E-state index is 12.7. The van der Waals surface area contributed by atoms with Crippen LogP contribution in [0.1, 0.15) is 12.8 Å². The molecule has 12 heavy (non-hydrogen) atoms. The van der Waals surface area contributed by atoms with E-state index in [9.17, 15) is 4.39 Å². The fraction of sp³-hybridized carbons (Fsp3) is 0.300. The summed E-state index contributed by atoms with van der Waals surface area (Å²) < 4.78 is 12.7. The predicted molar refractivity (Wildman–Crippen MR) is 51.7 cm³/mol. The van der Waals surface area contributed by atoms with E-state index in [4.69, 9.17) is 0 Å². The second kappa shape index (κ2) is 5.20. The van der Waals surface area contributed by atoms with E-state index < -0.39 is 0 Å². The Morgan fingerprint density at radius 2 is 2.25 bits per heavy atom. The first kappa shape index (κ1) is 9.59. The van der Waals surface area contributed by atoms with Crippen molar-refractivity contribution in [1.82, 2.24) is 0 Å². The van der Waals surface area contributed by atoms with E-state index in [0.717, 1.165) is 23.5 Å². The molecule has 0 aromatic heterocycles. The van der Waals surface area contributed by atoms with Crippen molar-refractivity contribution < 1.29 is 4.39 Å². The Labute approximate surface area is 77.2 Å². The number of halogens is 1. The van der Waals surface area contributed by atoms with E-state index in [0.29, 0.717) is 0 Å². The summed E-state index contributed by atoms with van der Waals surface area (Å²) in [4.78, 5) is 1.00. The van der Waals surface area contributed by atoms with Gasteiger partial charge in [0.05, 0.1) is 0 Å². The molecule has 1 rings (SSSR count). The highest BCUT2D eigenvalue weighted by atomic mass is 32.2. The molecule has 0 nitrogen and oxygen atoms in total. The van der Waals surface area contributed by atoms with Crippen molar-refractivity contribution in [1.29, 1.82) is 0 Å². The molecule has 0 aliphatic rings. The van der Waals surface area contributed by atoms with Gasteiger partial charge in [-0.25, -0.2) is 4.39 Å². The summed E-state index contributed by atoms with van der Waals surface area (Å²) in [5.41, 5.74) is 0. The minimum Gasteiger partial charge on any atom is -0.207 e. The Morgan fingerprint density at radius 3 is 2.92 bits per heavy atom. The van der Waals surface area contributed by atoms with E-state index in [1.807, 2.05) is 6.07 Å². The van der Waals surface area contributed by atoms with Crippen molar-refractivity contribution in [2.24, 2.45) is 0 Å². The highest BCUT2D eigenvalue weighted by Crippen LogP contribution is 2.19. The van der Waals surface area contributed by atoms with Crippen molar-refractivity contribution in [3.8, 4) is 0 Å². The molecule has 0 saturated heterocycles. The zero-order valence-corrected chi connectivity index (χ0v) is 7.74. The van der Waals surface area contributed by atoms with E-state index in [-0.39, 0.29) is 5.82 Å². The molecule has 0 aliphatic carbocycles. The first-order chi connectivity index (χ1) is 5.83. The maximum Gasteiger partial charge on any atom is 0.124 e. The Hall–Kier alpha value is -0.500. The molecule has 0 unspecified atom stereocenters. The lowest BCUT2D eigenvalue weighted by atomic mass is 10.3. The molecular formula is C10H12FS. The van der Waals surface area contributed by atoms with Gasteiger partial charge in [-0.1, -0.05) is 19.4 Å². The van der Waals surface area contributed by atoms with E-state index in [1.165, 1.54) is 6.07 Å². The summed E-state index contributed by atoms with van der Waals surface area (Å²) in [6, 6.07) is 6.69. The molecule has 1 radical (unpaired) electrons. The van der Waals surface area contributed by atoms with Crippen molar-refractivity contribution >= 4 is 11.8 Å². The number of unbranched alkanes of at least 4 members (excludes halogenated alkanes) is 1. The van der Waals surface area contributed by atoms with Crippen LogP contribution in [0, 0.1) is 12.7 Å². The number of rotatable bonds is 4. The smallest absolute Gasteiger partial charge is 0.124 e. The zero-order chi connectivity index (χ0) is 8.81. The van der Waals surface area contributed by atoms with Crippen LogP contribution in [-0.4, -0.2) is 5.75 Å². The molecule has 0 amide bonds. The van der Waals surface area contributed by atoms with E-state index in [2.05, 4.69) is 6.92 Å². The van der Waals surface area contributed by atoms with Crippen molar-refractivity contribution in [2.45, 2.75) is 17.7 Å². The van der Waals surface area contributed by atoms with E-state index in [1.54, 1.807) is 23.9 Å². The Bertz CT molecular complexity index is 235. The van der Waals surface area contributed by atoms with Gasteiger partial charge < -0.3 is 0 Å². The lowest BCUT2D eigenvalue weighted by molar-refractivity contribution is 0.624. The Kier molecular flexibility index (Phi) is 4.15. The molecule has 0 spiro atoms. The van der Waals surface area contributed by atoms with Crippen molar-refractivity contribution in [3.63, 3.8) is 0 Å². The average Bonchev–Trinajstić information content (AvgIpc) is 2.05. The van der Waals surface area contributed by atoms with Gasteiger partial charge in [0.1, 0.15) is 5.82 Å². The molecule has 1 aromatic carbocycles.